The molecule has 19 heavy (non-hydrogen) atoms. The van der Waals surface area contributed by atoms with Crippen LogP contribution in [0.4, 0.5) is 4.79 Å². The molecule has 0 N–H and O–H groups in total. The third-order valence-electron chi connectivity index (χ3n) is 3.51. The topological polar surface area (TPSA) is 29.5 Å². The monoisotopic (exact) mass is 253 g/mol. The summed E-state index contributed by atoms with van der Waals surface area (Å²) in [6.45, 7) is 0.528. The molecular formula is C16H15NO2. The zero-order valence-corrected chi connectivity index (χ0v) is 10.7. The number of amides is 1. The van der Waals surface area contributed by atoms with Gasteiger partial charge in [-0.15, -0.1) is 0 Å². The van der Waals surface area contributed by atoms with Crippen LogP contribution < -0.4 is 0 Å². The van der Waals surface area contributed by atoms with Gasteiger partial charge in [-0.1, -0.05) is 60.7 Å². The van der Waals surface area contributed by atoms with E-state index in [-0.39, 0.29) is 6.09 Å². The number of nitrogens with zero attached hydrogens (tertiary/aromatic N) is 1. The Morgan fingerprint density at radius 3 is 1.79 bits per heavy atom. The molecule has 0 aliphatic carbocycles. The lowest BCUT2D eigenvalue weighted by Gasteiger charge is -2.27. The minimum absolute atomic E-state index is 0.285. The number of carbonyl (C=O) groups is 1. The van der Waals surface area contributed by atoms with Crippen molar-refractivity contribution in [1.82, 2.24) is 4.90 Å². The Kier molecular flexibility index (Phi) is 2.75. The van der Waals surface area contributed by atoms with Gasteiger partial charge in [-0.3, -0.25) is 0 Å². The number of likely N-dealkylation sites (N-methyl/N-ethyl adjacent to an activating group) is 1. The maximum absolute atomic E-state index is 11.8. The molecule has 1 amide bonds. The zero-order chi connectivity index (χ0) is 13.3. The zero-order valence-electron chi connectivity index (χ0n) is 10.7. The van der Waals surface area contributed by atoms with Gasteiger partial charge in [0.2, 0.25) is 0 Å². The molecule has 96 valence electrons. The maximum atomic E-state index is 11.8. The van der Waals surface area contributed by atoms with E-state index >= 15 is 0 Å². The summed E-state index contributed by atoms with van der Waals surface area (Å²) in [7, 11) is 1.76. The molecule has 3 rings (SSSR count). The highest BCUT2D eigenvalue weighted by atomic mass is 16.6. The Hall–Kier alpha value is -2.29. The lowest BCUT2D eigenvalue weighted by atomic mass is 9.86. The Morgan fingerprint density at radius 1 is 0.947 bits per heavy atom. The number of ether oxygens (including phenoxy) is 1. The summed E-state index contributed by atoms with van der Waals surface area (Å²) in [5.41, 5.74) is 1.30. The van der Waals surface area contributed by atoms with Gasteiger partial charge in [-0.2, -0.15) is 0 Å². The van der Waals surface area contributed by atoms with Crippen LogP contribution >= 0.6 is 0 Å². The van der Waals surface area contributed by atoms with Crippen molar-refractivity contribution in [2.24, 2.45) is 0 Å². The Labute approximate surface area is 112 Å². The summed E-state index contributed by atoms with van der Waals surface area (Å²) in [6.07, 6.45) is -0.285. The van der Waals surface area contributed by atoms with E-state index in [0.717, 1.165) is 11.1 Å². The van der Waals surface area contributed by atoms with E-state index in [1.807, 2.05) is 60.7 Å². The van der Waals surface area contributed by atoms with Crippen LogP contribution in [0.2, 0.25) is 0 Å². The standard InChI is InChI=1S/C16H15NO2/c1-17-12-16(19-15(17)18,13-8-4-2-5-9-13)14-10-6-3-7-11-14/h2-11H,12H2,1H3. The van der Waals surface area contributed by atoms with Gasteiger partial charge in [0.1, 0.15) is 0 Å². The van der Waals surface area contributed by atoms with Gasteiger partial charge < -0.3 is 9.64 Å². The molecule has 0 bridgehead atoms. The molecular weight excluding hydrogens is 238 g/mol. The molecule has 3 heteroatoms. The number of rotatable bonds is 2. The minimum Gasteiger partial charge on any atom is -0.431 e. The predicted molar refractivity (Wildman–Crippen MR) is 72.8 cm³/mol. The number of cyclic esters (lactones) is 1. The normalized spacial score (nSPS) is 17.3. The first kappa shape index (κ1) is 11.8. The van der Waals surface area contributed by atoms with Crippen LogP contribution in [0.5, 0.6) is 0 Å². The average Bonchev–Trinajstić information content (AvgIpc) is 2.78. The van der Waals surface area contributed by atoms with E-state index in [2.05, 4.69) is 0 Å². The molecule has 1 saturated heterocycles. The molecule has 2 aromatic rings. The number of hydrogen-bond donors (Lipinski definition) is 0. The van der Waals surface area contributed by atoms with Crippen molar-refractivity contribution in [3.8, 4) is 0 Å². The van der Waals surface area contributed by atoms with Gasteiger partial charge >= 0.3 is 6.09 Å². The fraction of sp³-hybridized carbons (Fsp3) is 0.188. The molecule has 0 aromatic heterocycles. The van der Waals surface area contributed by atoms with Gasteiger partial charge in [0.05, 0.1) is 6.54 Å². The first-order valence-electron chi connectivity index (χ1n) is 6.27. The summed E-state index contributed by atoms with van der Waals surface area (Å²) in [4.78, 5) is 13.5. The molecule has 1 aliphatic rings. The SMILES string of the molecule is CN1CC(c2ccccc2)(c2ccccc2)OC1=O. The van der Waals surface area contributed by atoms with Gasteiger partial charge in [-0.25, -0.2) is 4.79 Å². The Morgan fingerprint density at radius 2 is 1.42 bits per heavy atom. The largest absolute Gasteiger partial charge is 0.431 e. The van der Waals surface area contributed by atoms with Crippen LogP contribution in [0.1, 0.15) is 11.1 Å². The molecule has 3 nitrogen and oxygen atoms in total. The summed E-state index contributed by atoms with van der Waals surface area (Å²) < 4.78 is 5.72. The molecule has 1 fully saturated rings. The maximum Gasteiger partial charge on any atom is 0.410 e. The van der Waals surface area contributed by atoms with Gasteiger partial charge in [0.25, 0.3) is 0 Å². The quantitative estimate of drug-likeness (QED) is 0.823. The smallest absolute Gasteiger partial charge is 0.410 e. The van der Waals surface area contributed by atoms with Gasteiger partial charge in [-0.05, 0) is 0 Å². The van der Waals surface area contributed by atoms with Crippen molar-refractivity contribution in [1.29, 1.82) is 0 Å². The highest BCUT2D eigenvalue weighted by Crippen LogP contribution is 2.38. The van der Waals surface area contributed by atoms with Crippen LogP contribution in [-0.2, 0) is 10.3 Å². The molecule has 0 spiro atoms. The van der Waals surface area contributed by atoms with Crippen LogP contribution in [0.15, 0.2) is 60.7 Å². The van der Waals surface area contributed by atoms with Crippen LogP contribution in [0.25, 0.3) is 0 Å². The van der Waals surface area contributed by atoms with Crippen molar-refractivity contribution in [2.45, 2.75) is 5.60 Å². The van der Waals surface area contributed by atoms with E-state index in [9.17, 15) is 4.79 Å². The fourth-order valence-electron chi connectivity index (χ4n) is 2.54. The first-order valence-corrected chi connectivity index (χ1v) is 6.27. The summed E-state index contributed by atoms with van der Waals surface area (Å²) in [6, 6.07) is 19.8. The number of carbonyl (C=O) groups excluding carboxylic acids is 1. The molecule has 1 heterocycles. The van der Waals surface area contributed by atoms with Crippen LogP contribution in [0.3, 0.4) is 0 Å². The third kappa shape index (κ3) is 1.87. The Bertz CT molecular complexity index is 541. The fourth-order valence-corrected chi connectivity index (χ4v) is 2.54. The highest BCUT2D eigenvalue weighted by molar-refractivity contribution is 5.72. The molecule has 0 atom stereocenters. The van der Waals surface area contributed by atoms with Crippen LogP contribution in [0, 0.1) is 0 Å². The summed E-state index contributed by atoms with van der Waals surface area (Å²) >= 11 is 0. The van der Waals surface area contributed by atoms with E-state index in [4.69, 9.17) is 4.74 Å². The van der Waals surface area contributed by atoms with Gasteiger partial charge in [0, 0.05) is 18.2 Å². The lowest BCUT2D eigenvalue weighted by Crippen LogP contribution is -2.32. The summed E-state index contributed by atoms with van der Waals surface area (Å²) in [5.74, 6) is 0. The van der Waals surface area contributed by atoms with Crippen molar-refractivity contribution in [2.75, 3.05) is 13.6 Å². The molecule has 0 unspecified atom stereocenters. The van der Waals surface area contributed by atoms with E-state index in [1.165, 1.54) is 0 Å². The Balaban J connectivity index is 2.15. The number of benzene rings is 2. The molecule has 0 saturated carbocycles. The lowest BCUT2D eigenvalue weighted by molar-refractivity contribution is 0.0862. The first-order chi connectivity index (χ1) is 9.22. The van der Waals surface area contributed by atoms with E-state index in [0.29, 0.717) is 6.54 Å². The molecule has 0 radical (unpaired) electrons. The van der Waals surface area contributed by atoms with E-state index < -0.39 is 5.60 Å². The third-order valence-corrected chi connectivity index (χ3v) is 3.51. The van der Waals surface area contributed by atoms with Crippen molar-refractivity contribution in [3.05, 3.63) is 71.8 Å². The van der Waals surface area contributed by atoms with Crippen LogP contribution in [-0.4, -0.2) is 24.6 Å². The van der Waals surface area contributed by atoms with E-state index in [1.54, 1.807) is 11.9 Å². The van der Waals surface area contributed by atoms with Gasteiger partial charge in [0.15, 0.2) is 5.60 Å². The molecule has 2 aromatic carbocycles. The molecule has 1 aliphatic heterocycles. The average molecular weight is 253 g/mol. The minimum atomic E-state index is -0.700. The van der Waals surface area contributed by atoms with Crippen molar-refractivity contribution in [3.63, 3.8) is 0 Å². The second-order valence-electron chi connectivity index (χ2n) is 4.78. The highest BCUT2D eigenvalue weighted by Gasteiger charge is 2.46. The second kappa shape index (κ2) is 4.43. The van der Waals surface area contributed by atoms with Crippen molar-refractivity contribution >= 4 is 6.09 Å². The summed E-state index contributed by atoms with van der Waals surface area (Å²) in [5, 5.41) is 0. The number of hydrogen-bond acceptors (Lipinski definition) is 2. The predicted octanol–water partition coefficient (Wildman–Crippen LogP) is 3.01. The second-order valence-corrected chi connectivity index (χ2v) is 4.78. The van der Waals surface area contributed by atoms with Crippen molar-refractivity contribution < 1.29 is 9.53 Å².